The second-order valence-electron chi connectivity index (χ2n) is 4.42. The van der Waals surface area contributed by atoms with Crippen LogP contribution in [-0.2, 0) is 19.5 Å². The molecule has 1 radical (unpaired) electrons. The van der Waals surface area contributed by atoms with Crippen LogP contribution in [0.2, 0.25) is 0 Å². The number of rotatable bonds is 7. The van der Waals surface area contributed by atoms with Crippen LogP contribution in [0.1, 0.15) is 38.0 Å². The van der Waals surface area contributed by atoms with Crippen molar-refractivity contribution >= 4 is 9.53 Å². The van der Waals surface area contributed by atoms with Crippen LogP contribution < -0.4 is 0 Å². The zero-order chi connectivity index (χ0) is 18.7. The van der Waals surface area contributed by atoms with Gasteiger partial charge in [0.05, 0.1) is 6.10 Å². The highest BCUT2D eigenvalue weighted by molar-refractivity contribution is 6.36. The Labute approximate surface area is 135 Å². The van der Waals surface area contributed by atoms with Gasteiger partial charge in [0.15, 0.2) is 23.3 Å². The van der Waals surface area contributed by atoms with Crippen molar-refractivity contribution < 1.29 is 44.0 Å². The van der Waals surface area contributed by atoms with Gasteiger partial charge in [-0.1, -0.05) is 0 Å². The smallest absolute Gasteiger partial charge is 0.371 e. The van der Waals surface area contributed by atoms with Crippen molar-refractivity contribution in [2.45, 2.75) is 33.1 Å². The molecule has 0 fully saturated rings. The summed E-state index contributed by atoms with van der Waals surface area (Å²) in [7, 11) is -2.58. The predicted octanol–water partition coefficient (Wildman–Crippen LogP) is 4.40. The molecule has 0 amide bonds. The van der Waals surface area contributed by atoms with Gasteiger partial charge in [0.25, 0.3) is 0 Å². The molecule has 0 spiro atoms. The first-order valence-electron chi connectivity index (χ1n) is 6.78. The van der Waals surface area contributed by atoms with E-state index in [9.17, 15) is 30.7 Å². The summed E-state index contributed by atoms with van der Waals surface area (Å²) in [4.78, 5) is 0. The number of hydrogen-bond donors (Lipinski definition) is 0. The van der Waals surface area contributed by atoms with Crippen LogP contribution in [0, 0.1) is 23.3 Å². The summed E-state index contributed by atoms with van der Waals surface area (Å²) >= 11 is 0. The topological polar surface area (TPSA) is 27.7 Å². The lowest BCUT2D eigenvalue weighted by atomic mass is 10.0. The van der Waals surface area contributed by atoms with Gasteiger partial charge in [0, 0.05) is 18.8 Å². The number of halogens is 7. The molecular weight excluding hydrogens is 365 g/mol. The van der Waals surface area contributed by atoms with E-state index in [1.807, 2.05) is 0 Å². The third kappa shape index (κ3) is 4.46. The molecule has 0 aliphatic heterocycles. The fourth-order valence-corrected chi connectivity index (χ4v) is 2.95. The van der Waals surface area contributed by atoms with E-state index in [4.69, 9.17) is 13.3 Å². The standard InChI is InChI=1S/C13H14F7O3Si/c1-4-21-24(22-5-2)23-6(3)7-8(13(18,19)20)10(15)12(17)11(16)9(7)14/h6H,4-5H2,1-3H3. The van der Waals surface area contributed by atoms with Gasteiger partial charge in [-0.05, 0) is 20.8 Å². The van der Waals surface area contributed by atoms with Gasteiger partial charge in [-0.3, -0.25) is 0 Å². The molecule has 0 heterocycles. The molecule has 0 bridgehead atoms. The van der Waals surface area contributed by atoms with Gasteiger partial charge in [0.1, 0.15) is 5.56 Å². The van der Waals surface area contributed by atoms with Gasteiger partial charge >= 0.3 is 15.7 Å². The molecule has 24 heavy (non-hydrogen) atoms. The van der Waals surface area contributed by atoms with Crippen molar-refractivity contribution in [1.29, 1.82) is 0 Å². The molecule has 0 aliphatic rings. The van der Waals surface area contributed by atoms with E-state index >= 15 is 0 Å². The molecule has 0 N–H and O–H groups in total. The lowest BCUT2D eigenvalue weighted by Crippen LogP contribution is -2.30. The molecule has 1 unspecified atom stereocenters. The summed E-state index contributed by atoms with van der Waals surface area (Å²) in [6, 6.07) is 0. The Hall–Kier alpha value is -1.17. The average Bonchev–Trinajstić information content (AvgIpc) is 2.47. The first-order valence-corrected chi connectivity index (χ1v) is 8.00. The van der Waals surface area contributed by atoms with Crippen LogP contribution in [0.3, 0.4) is 0 Å². The van der Waals surface area contributed by atoms with Crippen LogP contribution in [0.4, 0.5) is 30.7 Å². The molecule has 1 atom stereocenters. The normalized spacial score (nSPS) is 13.6. The van der Waals surface area contributed by atoms with Crippen LogP contribution in [0.15, 0.2) is 0 Å². The fraction of sp³-hybridized carbons (Fsp3) is 0.538. The van der Waals surface area contributed by atoms with Crippen molar-refractivity contribution in [3.05, 3.63) is 34.4 Å². The van der Waals surface area contributed by atoms with Crippen LogP contribution in [0.25, 0.3) is 0 Å². The van der Waals surface area contributed by atoms with E-state index in [1.54, 1.807) is 13.8 Å². The first kappa shape index (κ1) is 20.9. The van der Waals surface area contributed by atoms with E-state index in [-0.39, 0.29) is 13.2 Å². The summed E-state index contributed by atoms with van der Waals surface area (Å²) in [6.45, 7) is 4.20. The maximum absolute atomic E-state index is 13.9. The molecule has 1 aromatic carbocycles. The number of benzene rings is 1. The Morgan fingerprint density at radius 3 is 1.75 bits per heavy atom. The minimum absolute atomic E-state index is 0.0851. The summed E-state index contributed by atoms with van der Waals surface area (Å²) in [5.74, 6) is -9.61. The molecule has 137 valence electrons. The van der Waals surface area contributed by atoms with E-state index in [0.29, 0.717) is 0 Å². The van der Waals surface area contributed by atoms with Crippen molar-refractivity contribution in [3.63, 3.8) is 0 Å². The Balaban J connectivity index is 3.40. The molecular formula is C13H14F7O3Si. The Morgan fingerprint density at radius 1 is 0.875 bits per heavy atom. The average molecular weight is 379 g/mol. The predicted molar refractivity (Wildman–Crippen MR) is 69.8 cm³/mol. The van der Waals surface area contributed by atoms with Crippen LogP contribution in [0.5, 0.6) is 0 Å². The maximum atomic E-state index is 13.9. The van der Waals surface area contributed by atoms with E-state index in [0.717, 1.165) is 6.92 Å². The first-order chi connectivity index (χ1) is 11.1. The van der Waals surface area contributed by atoms with Gasteiger partial charge in [-0.15, -0.1) is 0 Å². The van der Waals surface area contributed by atoms with Gasteiger partial charge in [-0.2, -0.15) is 13.2 Å². The lowest BCUT2D eigenvalue weighted by molar-refractivity contribution is -0.142. The second-order valence-corrected chi connectivity index (χ2v) is 5.73. The van der Waals surface area contributed by atoms with E-state index < -0.39 is 56.2 Å². The molecule has 0 aliphatic carbocycles. The quantitative estimate of drug-likeness (QED) is 0.304. The zero-order valence-corrected chi connectivity index (χ0v) is 13.9. The fourth-order valence-electron chi connectivity index (χ4n) is 1.86. The molecule has 1 rings (SSSR count). The van der Waals surface area contributed by atoms with Gasteiger partial charge < -0.3 is 13.3 Å². The summed E-state index contributed by atoms with van der Waals surface area (Å²) in [5.41, 5.74) is -3.75. The van der Waals surface area contributed by atoms with Crippen molar-refractivity contribution in [1.82, 2.24) is 0 Å². The molecule has 11 heteroatoms. The molecule has 1 aromatic rings. The monoisotopic (exact) mass is 379 g/mol. The zero-order valence-electron chi connectivity index (χ0n) is 12.9. The third-order valence-electron chi connectivity index (χ3n) is 2.79. The number of hydrogen-bond acceptors (Lipinski definition) is 3. The SMILES string of the molecule is CCO[Si](OCC)OC(C)c1c(F)c(F)c(F)c(F)c1C(F)(F)F. The molecule has 3 nitrogen and oxygen atoms in total. The Kier molecular flexibility index (Phi) is 7.20. The molecule has 0 saturated heterocycles. The second kappa shape index (κ2) is 8.27. The minimum atomic E-state index is -5.46. The largest absolute Gasteiger partial charge is 0.578 e. The van der Waals surface area contributed by atoms with Crippen LogP contribution >= 0.6 is 0 Å². The van der Waals surface area contributed by atoms with Crippen LogP contribution in [-0.4, -0.2) is 22.7 Å². The van der Waals surface area contributed by atoms with Crippen molar-refractivity contribution in [2.75, 3.05) is 13.2 Å². The third-order valence-corrected chi connectivity index (χ3v) is 4.39. The lowest BCUT2D eigenvalue weighted by Gasteiger charge is -2.23. The minimum Gasteiger partial charge on any atom is -0.371 e. The maximum Gasteiger partial charge on any atom is 0.578 e. The molecule has 0 saturated carbocycles. The molecule has 0 aromatic heterocycles. The summed E-state index contributed by atoms with van der Waals surface area (Å²) in [6.07, 6.45) is -7.26. The summed E-state index contributed by atoms with van der Waals surface area (Å²) in [5, 5.41) is 0. The highest BCUT2D eigenvalue weighted by atomic mass is 28.3. The van der Waals surface area contributed by atoms with Gasteiger partial charge in [0.2, 0.25) is 0 Å². The van der Waals surface area contributed by atoms with Crippen molar-refractivity contribution in [3.8, 4) is 0 Å². The summed E-state index contributed by atoms with van der Waals surface area (Å²) < 4.78 is 108. The number of alkyl halides is 3. The van der Waals surface area contributed by atoms with Crippen molar-refractivity contribution in [2.24, 2.45) is 0 Å². The highest BCUT2D eigenvalue weighted by Crippen LogP contribution is 2.40. The Morgan fingerprint density at radius 2 is 1.33 bits per heavy atom. The van der Waals surface area contributed by atoms with E-state index in [2.05, 4.69) is 0 Å². The highest BCUT2D eigenvalue weighted by Gasteiger charge is 2.44. The van der Waals surface area contributed by atoms with E-state index in [1.165, 1.54) is 0 Å². The van der Waals surface area contributed by atoms with Gasteiger partial charge in [-0.25, -0.2) is 17.6 Å². The Bertz CT molecular complexity index is 574.